The molecule has 0 aromatic carbocycles. The number of ether oxygens (including phenoxy) is 2. The van der Waals surface area contributed by atoms with Crippen LogP contribution in [0.3, 0.4) is 0 Å². The van der Waals surface area contributed by atoms with Crippen LogP contribution in [-0.4, -0.2) is 143 Å². The third-order valence-electron chi connectivity index (χ3n) is 8.27. The van der Waals surface area contributed by atoms with Gasteiger partial charge in [0, 0.05) is 12.7 Å². The Morgan fingerprint density at radius 1 is 1.18 bits per heavy atom. The van der Waals surface area contributed by atoms with Crippen molar-refractivity contribution in [1.82, 2.24) is 19.8 Å². The first-order valence-corrected chi connectivity index (χ1v) is 16.3. The summed E-state index contributed by atoms with van der Waals surface area (Å²) in [5.74, 6) is 0.403. The molecule has 44 heavy (non-hydrogen) atoms. The minimum absolute atomic E-state index is 0.0537. The molecule has 0 bridgehead atoms. The second kappa shape index (κ2) is 16.3. The molecule has 0 spiro atoms. The Kier molecular flexibility index (Phi) is 13.7. The maximum Gasteiger partial charge on any atom is 0.351 e. The number of aliphatic hydroxyl groups is 6. The molecular formula is C27H46ClN5O10S. The molecule has 0 unspecified atom stereocenters. The van der Waals surface area contributed by atoms with E-state index in [9.17, 15) is 35.1 Å². The number of anilines is 1. The Labute approximate surface area is 265 Å². The number of nitrogens with two attached hydrogens (primary N) is 1. The van der Waals surface area contributed by atoms with E-state index in [1.165, 1.54) is 24.0 Å². The molecule has 13 atom stereocenters. The van der Waals surface area contributed by atoms with E-state index in [2.05, 4.69) is 17.2 Å². The molecule has 3 aliphatic rings. The number of likely N-dealkylation sites (N-methyl/N-ethyl adjacent to an activating group) is 1. The van der Waals surface area contributed by atoms with E-state index >= 15 is 0 Å². The summed E-state index contributed by atoms with van der Waals surface area (Å²) in [5, 5.41) is 61.2. The van der Waals surface area contributed by atoms with E-state index in [0.29, 0.717) is 5.92 Å². The van der Waals surface area contributed by atoms with Gasteiger partial charge in [-0.3, -0.25) is 14.3 Å². The molecule has 3 fully saturated rings. The van der Waals surface area contributed by atoms with Gasteiger partial charge in [0.25, 0.3) is 0 Å². The van der Waals surface area contributed by atoms with Gasteiger partial charge in [-0.05, 0) is 45.1 Å². The third kappa shape index (κ3) is 8.41. The maximum absolute atomic E-state index is 12.9. The number of nitrogen functional groups attached to an aromatic ring is 1. The van der Waals surface area contributed by atoms with E-state index in [1.54, 1.807) is 13.2 Å². The van der Waals surface area contributed by atoms with Crippen molar-refractivity contribution in [2.75, 3.05) is 32.2 Å². The van der Waals surface area contributed by atoms with Crippen LogP contribution in [0, 0.1) is 5.92 Å². The fourth-order valence-corrected chi connectivity index (χ4v) is 6.73. The molecule has 1 amide bonds. The summed E-state index contributed by atoms with van der Waals surface area (Å²) >= 11 is 7.55. The number of aliphatic hydroxyl groups excluding tert-OH is 6. The summed E-state index contributed by atoms with van der Waals surface area (Å²) in [4.78, 5) is 29.9. The zero-order valence-electron chi connectivity index (χ0n) is 25.2. The van der Waals surface area contributed by atoms with Crippen LogP contribution in [0.25, 0.3) is 0 Å². The molecule has 1 aromatic heterocycles. The number of amides is 1. The maximum atomic E-state index is 12.9. The van der Waals surface area contributed by atoms with Gasteiger partial charge in [-0.1, -0.05) is 13.3 Å². The molecule has 252 valence electrons. The van der Waals surface area contributed by atoms with Crippen LogP contribution in [0.2, 0.25) is 0 Å². The lowest BCUT2D eigenvalue weighted by atomic mass is 9.92. The molecule has 15 nitrogen and oxygen atoms in total. The predicted molar refractivity (Wildman–Crippen MR) is 163 cm³/mol. The normalized spacial score (nSPS) is 37.2. The van der Waals surface area contributed by atoms with Crippen molar-refractivity contribution >= 4 is 35.1 Å². The van der Waals surface area contributed by atoms with Gasteiger partial charge in [-0.2, -0.15) is 4.98 Å². The van der Waals surface area contributed by atoms with Crippen molar-refractivity contribution in [2.45, 2.75) is 105 Å². The van der Waals surface area contributed by atoms with Gasteiger partial charge in [0.1, 0.15) is 54.0 Å². The number of likely N-dealkylation sites (tertiary alicyclic amines) is 1. The SMILES string of the molecule is CCC[C@@H]1C[C@@H](C(=O)N[C@@H]([C@H]2O[C@H](SC)[C@H](O)[C@@H](O)[C@H]2O)[C@H](C)Cl)N(C)C1.Nc1ccn([C@@H]2O[C@H](CO)[C@@H](O)[C@@H]2O)c(=O)n1. The number of rotatable bonds is 9. The van der Waals surface area contributed by atoms with Gasteiger partial charge in [0.2, 0.25) is 5.91 Å². The zero-order valence-corrected chi connectivity index (χ0v) is 26.8. The van der Waals surface area contributed by atoms with E-state index < -0.39 is 78.1 Å². The molecule has 4 rings (SSSR count). The molecule has 4 heterocycles. The first kappa shape index (κ1) is 36.9. The van der Waals surface area contributed by atoms with Gasteiger partial charge < -0.3 is 51.2 Å². The molecule has 3 saturated heterocycles. The van der Waals surface area contributed by atoms with E-state index in [1.807, 2.05) is 11.9 Å². The first-order valence-electron chi connectivity index (χ1n) is 14.6. The summed E-state index contributed by atoms with van der Waals surface area (Å²) in [6.45, 7) is 4.29. The molecule has 3 aliphatic heterocycles. The Morgan fingerprint density at radius 2 is 1.86 bits per heavy atom. The van der Waals surface area contributed by atoms with Crippen molar-refractivity contribution in [3.05, 3.63) is 22.7 Å². The van der Waals surface area contributed by atoms with Gasteiger partial charge in [-0.15, -0.1) is 23.4 Å². The Bertz CT molecular complexity index is 1130. The molecule has 9 N–H and O–H groups in total. The Balaban J connectivity index is 0.000000266. The molecular weight excluding hydrogens is 622 g/mol. The van der Waals surface area contributed by atoms with Crippen molar-refractivity contribution < 1.29 is 44.9 Å². The van der Waals surface area contributed by atoms with Crippen molar-refractivity contribution in [1.29, 1.82) is 0 Å². The Morgan fingerprint density at radius 3 is 2.41 bits per heavy atom. The smallest absolute Gasteiger partial charge is 0.351 e. The van der Waals surface area contributed by atoms with Crippen molar-refractivity contribution in [3.8, 4) is 0 Å². The van der Waals surface area contributed by atoms with Crippen LogP contribution in [-0.2, 0) is 14.3 Å². The van der Waals surface area contributed by atoms with E-state index in [0.717, 1.165) is 30.4 Å². The first-order chi connectivity index (χ1) is 20.7. The van der Waals surface area contributed by atoms with Crippen LogP contribution < -0.4 is 16.7 Å². The van der Waals surface area contributed by atoms with Gasteiger partial charge in [-0.25, -0.2) is 4.79 Å². The number of halogens is 1. The quantitative estimate of drug-likeness (QED) is 0.131. The Hall–Kier alpha value is -1.57. The second-order valence-corrected chi connectivity index (χ2v) is 13.1. The molecule has 0 aliphatic carbocycles. The predicted octanol–water partition coefficient (Wildman–Crippen LogP) is -2.17. The molecule has 1 aromatic rings. The largest absolute Gasteiger partial charge is 0.394 e. The number of nitrogens with zero attached hydrogens (tertiary/aromatic N) is 3. The van der Waals surface area contributed by atoms with Crippen molar-refractivity contribution in [2.24, 2.45) is 5.92 Å². The highest BCUT2D eigenvalue weighted by molar-refractivity contribution is 7.99. The number of carbonyl (C=O) groups excluding carboxylic acids is 1. The lowest BCUT2D eigenvalue weighted by Crippen LogP contribution is -2.65. The number of nitrogens with one attached hydrogen (secondary N) is 1. The number of alkyl halides is 1. The highest BCUT2D eigenvalue weighted by Gasteiger charge is 2.48. The minimum Gasteiger partial charge on any atom is -0.394 e. The van der Waals surface area contributed by atoms with Gasteiger partial charge in [0.15, 0.2) is 6.23 Å². The fraction of sp³-hybridized carbons (Fsp3) is 0.815. The molecule has 17 heteroatoms. The fourth-order valence-electron chi connectivity index (χ4n) is 5.84. The highest BCUT2D eigenvalue weighted by atomic mass is 35.5. The summed E-state index contributed by atoms with van der Waals surface area (Å²) in [7, 11) is 1.94. The lowest BCUT2D eigenvalue weighted by molar-refractivity contribution is -0.205. The van der Waals surface area contributed by atoms with Crippen molar-refractivity contribution in [3.63, 3.8) is 0 Å². The topological polar surface area (TPSA) is 233 Å². The summed E-state index contributed by atoms with van der Waals surface area (Å²) in [5.41, 5.74) is 3.93. The molecule has 0 radical (unpaired) electrons. The number of thioether (sulfide) groups is 1. The monoisotopic (exact) mass is 667 g/mol. The van der Waals surface area contributed by atoms with Crippen LogP contribution in [0.15, 0.2) is 17.1 Å². The number of hydrogen-bond acceptors (Lipinski definition) is 14. The van der Waals surface area contributed by atoms with Crippen LogP contribution in [0.1, 0.15) is 39.3 Å². The van der Waals surface area contributed by atoms with E-state index in [4.69, 9.17) is 31.9 Å². The van der Waals surface area contributed by atoms with Gasteiger partial charge >= 0.3 is 5.69 Å². The minimum atomic E-state index is -1.36. The second-order valence-electron chi connectivity index (χ2n) is 11.5. The molecule has 0 saturated carbocycles. The number of aromatic nitrogens is 2. The van der Waals surface area contributed by atoms with Crippen LogP contribution in [0.5, 0.6) is 0 Å². The number of hydrogen-bond donors (Lipinski definition) is 8. The summed E-state index contributed by atoms with van der Waals surface area (Å²) in [6, 6.07) is 0.438. The van der Waals surface area contributed by atoms with Crippen LogP contribution in [0.4, 0.5) is 5.82 Å². The average molecular weight is 668 g/mol. The average Bonchev–Trinajstić information content (AvgIpc) is 3.49. The highest BCUT2D eigenvalue weighted by Crippen LogP contribution is 2.31. The van der Waals surface area contributed by atoms with Gasteiger partial charge in [0.05, 0.1) is 24.1 Å². The van der Waals surface area contributed by atoms with E-state index in [-0.39, 0.29) is 17.8 Å². The third-order valence-corrected chi connectivity index (χ3v) is 9.40. The summed E-state index contributed by atoms with van der Waals surface area (Å²) in [6.07, 6.45) is -3.36. The number of carbonyl (C=O) groups is 1. The zero-order chi connectivity index (χ0) is 32.9. The summed E-state index contributed by atoms with van der Waals surface area (Å²) < 4.78 is 12.0. The standard InChI is InChI=1S/C18H33ClN2O5S.C9H13N3O5/c1-5-6-10-7-11(21(3)8-10)17(25)20-12(9(2)19)16-14(23)13(22)15(24)18(26-16)27-4;10-5-1-2-12(9(16)11-5)8-7(15)6(14)4(3-13)17-8/h9-16,18,22-24H,5-8H2,1-4H3,(H,20,25);1-2,4,6-8,13-15H,3H2,(H2,10,11,16)/t9-,10+,11-,12+,13-,14+,15+,16+,18+;4-,6-,7+,8-/m01/s1. The lowest BCUT2D eigenvalue weighted by Gasteiger charge is -2.44. The van der Waals surface area contributed by atoms with Crippen LogP contribution >= 0.6 is 23.4 Å².